The molecule has 1 aliphatic rings. The minimum atomic E-state index is -3.81. The Balaban J connectivity index is 1.20. The standard InChI is InChI=1S/C56H62N7O8P3/c1-42-7-9-43(10-8-42)11-14-46-33-49(58-54(36-46)72(3,64)65)39-61-26-28-62(40-50-34-47(37-55(59-50)73(4,66)67)15-12-44-17-21-52(70-2)22-18-44)30-31-63(29-27-61)41-51-35-48(38-56(60-51)74(5,68)69)16-13-45-19-23-53(24-20-45)71-32-6-25-57/h7-10,17-24,33-38H,6,25-32,39-41,57H2,1-5H3,(H,64,65)(H,66,67)(H,68,69). The molecule has 6 aromatic rings. The van der Waals surface area contributed by atoms with E-state index in [9.17, 15) is 28.4 Å². The molecule has 4 heterocycles. The van der Waals surface area contributed by atoms with Gasteiger partial charge in [-0.1, -0.05) is 53.2 Å². The van der Waals surface area contributed by atoms with Crippen molar-refractivity contribution in [1.29, 1.82) is 0 Å². The summed E-state index contributed by atoms with van der Waals surface area (Å²) < 4.78 is 50.5. The Kier molecular flexibility index (Phi) is 19.0. The summed E-state index contributed by atoms with van der Waals surface area (Å²) in [6.07, 6.45) is 0.744. The van der Waals surface area contributed by atoms with Gasteiger partial charge in [-0.2, -0.15) is 0 Å². The summed E-state index contributed by atoms with van der Waals surface area (Å²) in [6, 6.07) is 32.8. The number of rotatable bonds is 14. The summed E-state index contributed by atoms with van der Waals surface area (Å²) in [5, 5.41) is 0. The van der Waals surface area contributed by atoms with Gasteiger partial charge in [-0.15, -0.1) is 0 Å². The van der Waals surface area contributed by atoms with Gasteiger partial charge >= 0.3 is 0 Å². The molecular weight excluding hydrogens is 992 g/mol. The molecule has 1 aliphatic heterocycles. The van der Waals surface area contributed by atoms with Crippen molar-refractivity contribution in [1.82, 2.24) is 29.7 Å². The minimum absolute atomic E-state index is 0.0498. The van der Waals surface area contributed by atoms with Crippen molar-refractivity contribution in [3.63, 3.8) is 0 Å². The number of nitrogens with two attached hydrogens (primary N) is 1. The highest BCUT2D eigenvalue weighted by Crippen LogP contribution is 2.35. The molecule has 3 unspecified atom stereocenters. The minimum Gasteiger partial charge on any atom is -0.497 e. The van der Waals surface area contributed by atoms with Gasteiger partial charge in [0.15, 0.2) is 0 Å². The van der Waals surface area contributed by atoms with Crippen molar-refractivity contribution in [2.24, 2.45) is 5.73 Å². The third-order valence-electron chi connectivity index (χ3n) is 11.9. The van der Waals surface area contributed by atoms with Crippen LogP contribution in [0.15, 0.2) is 109 Å². The van der Waals surface area contributed by atoms with Crippen LogP contribution in [0.3, 0.4) is 0 Å². The summed E-state index contributed by atoms with van der Waals surface area (Å²) in [6.45, 7) is 11.1. The molecular formula is C56H62N7O8P3. The molecule has 0 aliphatic carbocycles. The van der Waals surface area contributed by atoms with Crippen molar-refractivity contribution in [2.75, 3.05) is 79.5 Å². The third kappa shape index (κ3) is 17.2. The van der Waals surface area contributed by atoms with Crippen LogP contribution in [0.2, 0.25) is 0 Å². The maximum Gasteiger partial charge on any atom is 0.244 e. The lowest BCUT2D eigenvalue weighted by atomic mass is 10.1. The monoisotopic (exact) mass is 1050 g/mol. The molecule has 5 N–H and O–H groups in total. The number of ether oxygens (including phenoxy) is 2. The molecule has 74 heavy (non-hydrogen) atoms. The first-order chi connectivity index (χ1) is 35.3. The van der Waals surface area contributed by atoms with Crippen molar-refractivity contribution < 1.29 is 37.8 Å². The summed E-state index contributed by atoms with van der Waals surface area (Å²) in [4.78, 5) is 53.1. The van der Waals surface area contributed by atoms with E-state index < -0.39 is 22.1 Å². The van der Waals surface area contributed by atoms with E-state index in [1.807, 2.05) is 97.9 Å². The lowest BCUT2D eigenvalue weighted by molar-refractivity contribution is 0.207. The molecule has 0 spiro atoms. The summed E-state index contributed by atoms with van der Waals surface area (Å²) in [5.41, 5.74) is 12.5. The molecule has 0 radical (unpaired) electrons. The predicted octanol–water partition coefficient (Wildman–Crippen LogP) is 5.51. The highest BCUT2D eigenvalue weighted by molar-refractivity contribution is 7.65. The van der Waals surface area contributed by atoms with Gasteiger partial charge in [0.2, 0.25) is 22.1 Å². The Bertz CT molecular complexity index is 3270. The smallest absolute Gasteiger partial charge is 0.244 e. The molecule has 3 aromatic heterocycles. The lowest BCUT2D eigenvalue weighted by Gasteiger charge is -2.26. The van der Waals surface area contributed by atoms with Gasteiger partial charge in [0.1, 0.15) is 27.8 Å². The van der Waals surface area contributed by atoms with Gasteiger partial charge in [-0.25, -0.2) is 15.0 Å². The zero-order valence-corrected chi connectivity index (χ0v) is 45.0. The largest absolute Gasteiger partial charge is 0.497 e. The van der Waals surface area contributed by atoms with E-state index in [1.165, 1.54) is 20.0 Å². The van der Waals surface area contributed by atoms with Crippen LogP contribution in [-0.4, -0.2) is 124 Å². The fourth-order valence-corrected chi connectivity index (χ4v) is 9.89. The van der Waals surface area contributed by atoms with E-state index in [4.69, 9.17) is 30.2 Å². The van der Waals surface area contributed by atoms with E-state index in [0.29, 0.717) is 117 Å². The molecule has 1 saturated heterocycles. The topological polar surface area (TPSA) is 205 Å². The quantitative estimate of drug-likeness (QED) is 0.0603. The number of benzene rings is 3. The predicted molar refractivity (Wildman–Crippen MR) is 292 cm³/mol. The van der Waals surface area contributed by atoms with Crippen LogP contribution in [-0.2, 0) is 33.3 Å². The molecule has 0 amide bonds. The molecule has 3 atom stereocenters. The molecule has 0 saturated carbocycles. The molecule has 15 nitrogen and oxygen atoms in total. The Hall–Kier alpha value is -6.20. The number of aryl methyl sites for hydroxylation is 1. The Labute approximate surface area is 434 Å². The molecule has 3 aromatic carbocycles. The van der Waals surface area contributed by atoms with E-state index in [2.05, 4.69) is 50.2 Å². The fourth-order valence-electron chi connectivity index (χ4n) is 7.81. The zero-order valence-electron chi connectivity index (χ0n) is 42.4. The molecule has 1 fully saturated rings. The highest BCUT2D eigenvalue weighted by Gasteiger charge is 2.24. The number of methoxy groups -OCH3 is 1. The van der Waals surface area contributed by atoms with E-state index >= 15 is 0 Å². The maximum absolute atomic E-state index is 13.2. The second-order valence-corrected chi connectivity index (χ2v) is 25.1. The zero-order chi connectivity index (χ0) is 52.9. The second kappa shape index (κ2) is 25.4. The highest BCUT2D eigenvalue weighted by atomic mass is 31.2. The Morgan fingerprint density at radius 3 is 1.12 bits per heavy atom. The SMILES string of the molecule is COc1ccc(C#Cc2cc(CN3CCN(Cc4cc(C#Cc5ccc(C)cc5)cc(P(C)(=O)O)n4)CCN(Cc4cc(C#Cc5ccc(OCCCN)cc5)cc(P(C)(=O)O)n4)CC3)nc(P(C)(=O)O)c2)cc1. The van der Waals surface area contributed by atoms with Crippen molar-refractivity contribution in [2.45, 2.75) is 33.0 Å². The number of pyridine rings is 3. The average molecular weight is 1050 g/mol. The second-order valence-electron chi connectivity index (χ2n) is 18.4. The van der Waals surface area contributed by atoms with Gasteiger partial charge < -0.3 is 29.9 Å². The summed E-state index contributed by atoms with van der Waals surface area (Å²) in [5.74, 6) is 20.4. The first-order valence-corrected chi connectivity index (χ1v) is 30.4. The molecule has 384 valence electrons. The number of aromatic nitrogens is 3. The number of nitrogens with zero attached hydrogens (tertiary/aromatic N) is 6. The lowest BCUT2D eigenvalue weighted by Crippen LogP contribution is -2.36. The van der Waals surface area contributed by atoms with Crippen molar-refractivity contribution in [3.8, 4) is 47.0 Å². The van der Waals surface area contributed by atoms with Gasteiger partial charge in [0.25, 0.3) is 0 Å². The van der Waals surface area contributed by atoms with Crippen LogP contribution < -0.4 is 31.5 Å². The van der Waals surface area contributed by atoms with Crippen LogP contribution in [0.1, 0.15) is 62.4 Å². The Morgan fingerprint density at radius 2 is 0.811 bits per heavy atom. The number of hydrogen-bond donors (Lipinski definition) is 4. The van der Waals surface area contributed by atoms with Crippen LogP contribution in [0, 0.1) is 42.4 Å². The van der Waals surface area contributed by atoms with E-state index in [0.717, 1.165) is 28.7 Å². The van der Waals surface area contributed by atoms with Crippen molar-refractivity contribution >= 4 is 38.4 Å². The average Bonchev–Trinajstić information content (AvgIpc) is 3.45. The first kappa shape index (κ1) is 55.5. The van der Waals surface area contributed by atoms with Gasteiger partial charge in [0.05, 0.1) is 30.8 Å². The number of hydrogen-bond acceptors (Lipinski definition) is 12. The Morgan fingerprint density at radius 1 is 0.500 bits per heavy atom. The van der Waals surface area contributed by atoms with Gasteiger partial charge in [-0.05, 0) is 117 Å². The van der Waals surface area contributed by atoms with Crippen LogP contribution in [0.5, 0.6) is 11.5 Å². The van der Waals surface area contributed by atoms with E-state index in [1.54, 1.807) is 25.3 Å². The van der Waals surface area contributed by atoms with Gasteiger partial charge in [0, 0.05) is 112 Å². The summed E-state index contributed by atoms with van der Waals surface area (Å²) >= 11 is 0. The molecule has 7 rings (SSSR count). The first-order valence-electron chi connectivity index (χ1n) is 24.1. The van der Waals surface area contributed by atoms with Crippen LogP contribution in [0.25, 0.3) is 0 Å². The van der Waals surface area contributed by atoms with Crippen LogP contribution >= 0.6 is 22.1 Å². The maximum atomic E-state index is 13.2. The molecule has 0 bridgehead atoms. The van der Waals surface area contributed by atoms with Crippen LogP contribution in [0.4, 0.5) is 0 Å². The fraction of sp³-hybridized carbons (Fsp3) is 0.304. The summed E-state index contributed by atoms with van der Waals surface area (Å²) in [7, 11) is -9.79. The van der Waals surface area contributed by atoms with Crippen molar-refractivity contribution in [3.05, 3.63) is 165 Å². The van der Waals surface area contributed by atoms with E-state index in [-0.39, 0.29) is 16.3 Å². The normalized spacial score (nSPS) is 15.9. The molecule has 18 heteroatoms. The van der Waals surface area contributed by atoms with Gasteiger partial charge in [-0.3, -0.25) is 28.4 Å². The third-order valence-corrected chi connectivity index (χ3v) is 15.1.